The van der Waals surface area contributed by atoms with Gasteiger partial charge in [0.15, 0.2) is 0 Å². The van der Waals surface area contributed by atoms with Gasteiger partial charge in [0.25, 0.3) is 5.56 Å². The van der Waals surface area contributed by atoms with Crippen LogP contribution in [0.5, 0.6) is 11.6 Å². The van der Waals surface area contributed by atoms with Crippen LogP contribution in [0.4, 0.5) is 5.69 Å². The molecule has 12 heteroatoms. The first kappa shape index (κ1) is 26.6. The molecule has 1 saturated carbocycles. The molecule has 3 fully saturated rings. The predicted molar refractivity (Wildman–Crippen MR) is 144 cm³/mol. The van der Waals surface area contributed by atoms with E-state index < -0.39 is 11.7 Å². The van der Waals surface area contributed by atoms with Gasteiger partial charge in [0.1, 0.15) is 18.4 Å². The average molecular weight is 552 g/mol. The van der Waals surface area contributed by atoms with Crippen LogP contribution >= 0.6 is 0 Å². The molecule has 0 aromatic carbocycles. The number of nitrogens with zero attached hydrogens (tertiary/aromatic N) is 3. The van der Waals surface area contributed by atoms with Crippen molar-refractivity contribution in [3.05, 3.63) is 52.6 Å². The van der Waals surface area contributed by atoms with Gasteiger partial charge in [-0.2, -0.15) is 0 Å². The number of carbonyl (C=O) groups is 1. The molecule has 0 radical (unpaired) electrons. The lowest BCUT2D eigenvalue weighted by Gasteiger charge is -2.55. The number of hydrogen-bond acceptors (Lipinski definition) is 11. The number of nitrogens with one attached hydrogen (secondary N) is 2. The van der Waals surface area contributed by atoms with Crippen molar-refractivity contribution in [2.75, 3.05) is 31.7 Å². The highest BCUT2D eigenvalue weighted by molar-refractivity contribution is 5.82. The summed E-state index contributed by atoms with van der Waals surface area (Å²) >= 11 is 0. The van der Waals surface area contributed by atoms with Crippen molar-refractivity contribution in [1.82, 2.24) is 19.9 Å². The number of aliphatic hydroxyl groups is 2. The number of rotatable bonds is 10. The van der Waals surface area contributed by atoms with E-state index >= 15 is 0 Å². The van der Waals surface area contributed by atoms with E-state index in [1.54, 1.807) is 18.3 Å². The fourth-order valence-electron chi connectivity index (χ4n) is 5.77. The molecular formula is C28H33N5O7. The standard InChI is InChI=1S/C28H33N5O7/c34-10-1-11-38-19-12-22-20(29-14-19)4-5-24(36)33(22)16-23(35)28-8-6-27(7-9-28,17-39-28)31-13-18-2-3-21-26(32-18)40-25(37)15-30-21/h2-5,12,14,23,30-31,34-35H,1,6-11,13,15-17H2. The highest BCUT2D eigenvalue weighted by atomic mass is 16.5. The van der Waals surface area contributed by atoms with Crippen LogP contribution in [-0.4, -0.2) is 74.3 Å². The fourth-order valence-corrected chi connectivity index (χ4v) is 5.77. The summed E-state index contributed by atoms with van der Waals surface area (Å²) in [5.41, 5.74) is 1.44. The van der Waals surface area contributed by atoms with Crippen LogP contribution in [0.3, 0.4) is 0 Å². The van der Waals surface area contributed by atoms with Gasteiger partial charge in [-0.25, -0.2) is 9.78 Å². The van der Waals surface area contributed by atoms with Crippen LogP contribution in [0.2, 0.25) is 0 Å². The topological polar surface area (TPSA) is 157 Å². The van der Waals surface area contributed by atoms with E-state index in [4.69, 9.17) is 19.3 Å². The monoisotopic (exact) mass is 551 g/mol. The van der Waals surface area contributed by atoms with Crippen molar-refractivity contribution in [3.8, 4) is 11.6 Å². The Morgan fingerprint density at radius 1 is 1.18 bits per heavy atom. The van der Waals surface area contributed by atoms with E-state index in [-0.39, 0.29) is 36.8 Å². The van der Waals surface area contributed by atoms with Crippen LogP contribution in [0.15, 0.2) is 41.3 Å². The van der Waals surface area contributed by atoms with Gasteiger partial charge in [0, 0.05) is 37.2 Å². The molecule has 12 nitrogen and oxygen atoms in total. The van der Waals surface area contributed by atoms with Crippen molar-refractivity contribution >= 4 is 22.7 Å². The van der Waals surface area contributed by atoms with Gasteiger partial charge < -0.3 is 39.6 Å². The molecule has 0 spiro atoms. The summed E-state index contributed by atoms with van der Waals surface area (Å²) in [6.45, 7) is 1.49. The van der Waals surface area contributed by atoms with Crippen LogP contribution in [-0.2, 0) is 22.6 Å². The Hall–Kier alpha value is -3.58. The maximum absolute atomic E-state index is 12.9. The lowest BCUT2D eigenvalue weighted by molar-refractivity contribution is -0.211. The van der Waals surface area contributed by atoms with E-state index in [0.717, 1.165) is 18.5 Å². The lowest BCUT2D eigenvalue weighted by atomic mass is 9.69. The zero-order valence-electron chi connectivity index (χ0n) is 22.1. The average Bonchev–Trinajstić information content (AvgIpc) is 2.98. The molecule has 3 aromatic rings. The normalized spacial score (nSPS) is 24.3. The van der Waals surface area contributed by atoms with Gasteiger partial charge in [-0.1, -0.05) is 0 Å². The van der Waals surface area contributed by atoms with Crippen molar-refractivity contribution in [1.29, 1.82) is 0 Å². The fraction of sp³-hybridized carbons (Fsp3) is 0.500. The maximum atomic E-state index is 12.9. The summed E-state index contributed by atoms with van der Waals surface area (Å²) in [7, 11) is 0. The smallest absolute Gasteiger partial charge is 0.332 e. The summed E-state index contributed by atoms with van der Waals surface area (Å²) in [6, 6.07) is 8.61. The van der Waals surface area contributed by atoms with E-state index in [0.29, 0.717) is 67.4 Å². The second-order valence-corrected chi connectivity index (χ2v) is 10.8. The third kappa shape index (κ3) is 5.15. The van der Waals surface area contributed by atoms with Crippen molar-refractivity contribution in [3.63, 3.8) is 0 Å². The van der Waals surface area contributed by atoms with Gasteiger partial charge in [-0.05, 0) is 43.9 Å². The summed E-state index contributed by atoms with van der Waals surface area (Å²) < 4.78 is 18.8. The molecule has 2 bridgehead atoms. The van der Waals surface area contributed by atoms with Crippen LogP contribution in [0.25, 0.3) is 11.0 Å². The van der Waals surface area contributed by atoms with Gasteiger partial charge in [0.05, 0.1) is 54.0 Å². The summed E-state index contributed by atoms with van der Waals surface area (Å²) in [5, 5.41) is 27.0. The third-order valence-corrected chi connectivity index (χ3v) is 8.23. The van der Waals surface area contributed by atoms with Crippen molar-refractivity contribution in [2.45, 2.75) is 62.4 Å². The number of ether oxygens (including phenoxy) is 3. The Balaban J connectivity index is 1.12. The first-order chi connectivity index (χ1) is 19.4. The molecule has 4 N–H and O–H groups in total. The van der Waals surface area contributed by atoms with Crippen LogP contribution in [0, 0.1) is 0 Å². The van der Waals surface area contributed by atoms with Gasteiger partial charge in [0.2, 0.25) is 5.88 Å². The number of esters is 1. The molecule has 3 aromatic heterocycles. The minimum atomic E-state index is -0.891. The third-order valence-electron chi connectivity index (χ3n) is 8.23. The van der Waals surface area contributed by atoms with Crippen molar-refractivity contribution in [2.24, 2.45) is 0 Å². The SMILES string of the molecule is O=C1CNc2ccc(CNC34CCC(C(O)Cn5c(=O)ccc6ncc(OCCCO)cc65)(CC3)OC4)nc2O1. The lowest BCUT2D eigenvalue weighted by Crippen LogP contribution is -2.65. The molecule has 0 amide bonds. The van der Waals surface area contributed by atoms with E-state index in [2.05, 4.69) is 20.6 Å². The molecule has 40 heavy (non-hydrogen) atoms. The van der Waals surface area contributed by atoms with E-state index in [1.165, 1.54) is 10.6 Å². The Kier molecular flexibility index (Phi) is 7.17. The molecule has 3 aliphatic heterocycles. The highest BCUT2D eigenvalue weighted by Gasteiger charge is 2.53. The minimum Gasteiger partial charge on any atom is -0.492 e. The molecule has 6 heterocycles. The van der Waals surface area contributed by atoms with Crippen molar-refractivity contribution < 1.29 is 29.2 Å². The van der Waals surface area contributed by atoms with Crippen LogP contribution < -0.4 is 25.7 Å². The molecule has 1 aliphatic carbocycles. The molecule has 212 valence electrons. The number of carbonyl (C=O) groups excluding carboxylic acids is 1. The van der Waals surface area contributed by atoms with Crippen LogP contribution in [0.1, 0.15) is 37.8 Å². The van der Waals surface area contributed by atoms with Gasteiger partial charge in [-0.3, -0.25) is 9.78 Å². The number of aliphatic hydroxyl groups excluding tert-OH is 2. The quantitative estimate of drug-likeness (QED) is 0.211. The zero-order chi connectivity index (χ0) is 27.7. The molecule has 7 rings (SSSR count). The predicted octanol–water partition coefficient (Wildman–Crippen LogP) is 1.12. The van der Waals surface area contributed by atoms with E-state index in [1.807, 2.05) is 12.1 Å². The largest absolute Gasteiger partial charge is 0.492 e. The molecule has 2 saturated heterocycles. The second-order valence-electron chi connectivity index (χ2n) is 10.8. The number of hydrogen-bond donors (Lipinski definition) is 4. The number of aromatic nitrogens is 3. The first-order valence-electron chi connectivity index (χ1n) is 13.6. The molecular weight excluding hydrogens is 518 g/mol. The number of fused-ring (bicyclic) bond motifs is 5. The van der Waals surface area contributed by atoms with Gasteiger partial charge in [-0.15, -0.1) is 0 Å². The molecule has 1 unspecified atom stereocenters. The Morgan fingerprint density at radius 2 is 2.02 bits per heavy atom. The summed E-state index contributed by atoms with van der Waals surface area (Å²) in [6.07, 6.45) is 4.09. The Labute approximate surface area is 230 Å². The summed E-state index contributed by atoms with van der Waals surface area (Å²) in [5.74, 6) is 0.431. The Morgan fingerprint density at radius 3 is 2.80 bits per heavy atom. The van der Waals surface area contributed by atoms with E-state index in [9.17, 15) is 14.7 Å². The molecule has 4 aliphatic rings. The highest BCUT2D eigenvalue weighted by Crippen LogP contribution is 2.46. The van der Waals surface area contributed by atoms with Gasteiger partial charge >= 0.3 is 5.97 Å². The zero-order valence-corrected chi connectivity index (χ0v) is 22.1. The first-order valence-corrected chi connectivity index (χ1v) is 13.6. The number of anilines is 1. The molecule has 1 atom stereocenters. The Bertz CT molecular complexity index is 1450. The second kappa shape index (κ2) is 10.8. The number of pyridine rings is 3. The minimum absolute atomic E-state index is 0.0244. The summed E-state index contributed by atoms with van der Waals surface area (Å²) in [4.78, 5) is 33.3. The maximum Gasteiger partial charge on any atom is 0.332 e.